The van der Waals surface area contributed by atoms with Crippen LogP contribution in [0.2, 0.25) is 0 Å². The van der Waals surface area contributed by atoms with Crippen LogP contribution in [0.15, 0.2) is 28.7 Å². The number of hydrogen-bond acceptors (Lipinski definition) is 0. The van der Waals surface area contributed by atoms with Crippen LogP contribution in [-0.4, -0.2) is 0 Å². The van der Waals surface area contributed by atoms with Crippen LogP contribution in [0.5, 0.6) is 0 Å². The Morgan fingerprint density at radius 2 is 2.15 bits per heavy atom. The van der Waals surface area contributed by atoms with Gasteiger partial charge >= 0.3 is 0 Å². The average Bonchev–Trinajstić information content (AvgIpc) is 2.06. The first-order valence-corrected chi connectivity index (χ1v) is 5.84. The third-order valence-electron chi connectivity index (χ3n) is 2.38. The molecule has 0 aromatic heterocycles. The molecule has 0 spiro atoms. The Hall–Kier alpha value is -0.0800. The summed E-state index contributed by atoms with van der Waals surface area (Å²) in [6, 6.07) is 6.42. The minimum absolute atomic E-state index is 0.0981. The van der Waals surface area contributed by atoms with Crippen molar-refractivity contribution in [3.63, 3.8) is 0 Å². The largest absolute Gasteiger partial charge is 0.0822 e. The minimum Gasteiger partial charge on any atom is -0.0822 e. The third-order valence-corrected chi connectivity index (χ3v) is 3.62. The first kappa shape index (κ1) is 9.47. The van der Waals surface area contributed by atoms with Gasteiger partial charge in [-0.05, 0) is 36.6 Å². The normalized spacial score (nSPS) is 25.8. The van der Waals surface area contributed by atoms with Crippen molar-refractivity contribution in [2.45, 2.75) is 17.7 Å². The molecule has 13 heavy (non-hydrogen) atoms. The molecule has 0 bridgehead atoms. The fourth-order valence-electron chi connectivity index (χ4n) is 1.64. The molecule has 2 heteroatoms. The molecule has 1 aromatic carbocycles. The van der Waals surface area contributed by atoms with Crippen molar-refractivity contribution in [2.24, 2.45) is 0 Å². The van der Waals surface area contributed by atoms with Gasteiger partial charge in [0, 0.05) is 4.47 Å². The molecule has 0 saturated carbocycles. The van der Waals surface area contributed by atoms with Crippen LogP contribution in [0, 0.1) is 0 Å². The predicted molar refractivity (Wildman–Crippen MR) is 64.1 cm³/mol. The fraction of sp³-hybridized carbons (Fsp3) is 0.273. The van der Waals surface area contributed by atoms with E-state index in [1.807, 2.05) is 0 Å². The molecule has 68 valence electrons. The summed E-state index contributed by atoms with van der Waals surface area (Å²) < 4.78 is 1.24. The van der Waals surface area contributed by atoms with Crippen molar-refractivity contribution >= 4 is 37.9 Å². The van der Waals surface area contributed by atoms with Crippen LogP contribution in [0.3, 0.4) is 0 Å². The number of fused-ring (bicyclic) bond motifs is 1. The number of alkyl halides is 1. The molecule has 1 aliphatic rings. The lowest BCUT2D eigenvalue weighted by Crippen LogP contribution is -2.15. The summed E-state index contributed by atoms with van der Waals surface area (Å²) in [6.07, 6.45) is 5.45. The van der Waals surface area contributed by atoms with Gasteiger partial charge in [-0.3, -0.25) is 0 Å². The Morgan fingerprint density at radius 3 is 2.92 bits per heavy atom. The maximum atomic E-state index is 3.75. The van der Waals surface area contributed by atoms with E-state index in [2.05, 4.69) is 69.1 Å². The Labute approximate surface area is 95.3 Å². The summed E-state index contributed by atoms with van der Waals surface area (Å²) in [6.45, 7) is 2.21. The Kier molecular flexibility index (Phi) is 2.37. The first-order valence-electron chi connectivity index (χ1n) is 4.25. The highest BCUT2D eigenvalue weighted by molar-refractivity contribution is 9.10. The van der Waals surface area contributed by atoms with Crippen LogP contribution >= 0.6 is 31.9 Å². The molecular weight excluding hydrogens is 292 g/mol. The molecule has 0 saturated heterocycles. The second kappa shape index (κ2) is 3.25. The number of hydrogen-bond donors (Lipinski definition) is 0. The van der Waals surface area contributed by atoms with Crippen LogP contribution in [0.1, 0.15) is 24.5 Å². The zero-order valence-corrected chi connectivity index (χ0v) is 10.5. The van der Waals surface area contributed by atoms with Gasteiger partial charge in [-0.15, -0.1) is 0 Å². The van der Waals surface area contributed by atoms with Gasteiger partial charge in [0.15, 0.2) is 0 Å². The van der Waals surface area contributed by atoms with E-state index < -0.39 is 0 Å². The Balaban J connectivity index is 2.62. The predicted octanol–water partition coefficient (Wildman–Crippen LogP) is 4.48. The lowest BCUT2D eigenvalue weighted by atomic mass is 9.88. The highest BCUT2D eigenvalue weighted by Gasteiger charge is 2.26. The van der Waals surface area contributed by atoms with Gasteiger partial charge in [-0.1, -0.05) is 50.1 Å². The Morgan fingerprint density at radius 1 is 1.38 bits per heavy atom. The van der Waals surface area contributed by atoms with Gasteiger partial charge in [0.1, 0.15) is 0 Å². The molecule has 2 rings (SSSR count). The molecule has 0 aliphatic heterocycles. The fourth-order valence-corrected chi connectivity index (χ4v) is 2.53. The van der Waals surface area contributed by atoms with E-state index in [0.717, 1.165) is 10.9 Å². The number of halogens is 2. The minimum atomic E-state index is 0.0981. The van der Waals surface area contributed by atoms with Gasteiger partial charge in [0.05, 0.1) is 4.32 Å². The zero-order chi connectivity index (χ0) is 9.47. The molecular formula is C11H10Br2. The van der Waals surface area contributed by atoms with Gasteiger partial charge < -0.3 is 0 Å². The molecule has 1 aromatic rings. The maximum absolute atomic E-state index is 3.75. The van der Waals surface area contributed by atoms with E-state index >= 15 is 0 Å². The van der Waals surface area contributed by atoms with Gasteiger partial charge in [-0.25, -0.2) is 0 Å². The van der Waals surface area contributed by atoms with E-state index in [1.54, 1.807) is 0 Å². The van der Waals surface area contributed by atoms with E-state index in [1.165, 1.54) is 11.1 Å². The van der Waals surface area contributed by atoms with E-state index in [0.29, 0.717) is 0 Å². The van der Waals surface area contributed by atoms with Crippen molar-refractivity contribution < 1.29 is 0 Å². The summed E-state index contributed by atoms with van der Waals surface area (Å²) in [5.41, 5.74) is 2.68. The average molecular weight is 302 g/mol. The van der Waals surface area contributed by atoms with Gasteiger partial charge in [0.2, 0.25) is 0 Å². The van der Waals surface area contributed by atoms with E-state index in [-0.39, 0.29) is 4.32 Å². The van der Waals surface area contributed by atoms with Gasteiger partial charge in [0.25, 0.3) is 0 Å². The summed E-state index contributed by atoms with van der Waals surface area (Å²) in [7, 11) is 0. The summed E-state index contributed by atoms with van der Waals surface area (Å²) in [5.74, 6) is 0. The van der Waals surface area contributed by atoms with Crippen LogP contribution in [0.25, 0.3) is 6.08 Å². The molecule has 1 atom stereocenters. The molecule has 1 aliphatic carbocycles. The quantitative estimate of drug-likeness (QED) is 0.620. The number of allylic oxidation sites excluding steroid dienone is 1. The molecule has 0 fully saturated rings. The Bertz CT molecular complexity index is 364. The number of benzene rings is 1. The molecule has 1 unspecified atom stereocenters. The number of rotatable bonds is 0. The van der Waals surface area contributed by atoms with Crippen molar-refractivity contribution in [3.05, 3.63) is 39.9 Å². The standard InChI is InChI=1S/C11H10Br2/c1-11(13)6-2-3-8-4-5-9(12)7-10(8)11/h2-5,7H,6H2,1H3. The summed E-state index contributed by atoms with van der Waals surface area (Å²) in [5, 5.41) is 0. The van der Waals surface area contributed by atoms with Gasteiger partial charge in [-0.2, -0.15) is 0 Å². The van der Waals surface area contributed by atoms with Crippen LogP contribution in [-0.2, 0) is 4.32 Å². The monoisotopic (exact) mass is 300 g/mol. The third kappa shape index (κ3) is 1.75. The van der Waals surface area contributed by atoms with E-state index in [4.69, 9.17) is 0 Å². The summed E-state index contributed by atoms with van der Waals surface area (Å²) >= 11 is 7.25. The molecule has 0 radical (unpaired) electrons. The highest BCUT2D eigenvalue weighted by atomic mass is 79.9. The highest BCUT2D eigenvalue weighted by Crippen LogP contribution is 2.41. The van der Waals surface area contributed by atoms with Crippen LogP contribution in [0.4, 0.5) is 0 Å². The molecule has 0 N–H and O–H groups in total. The summed E-state index contributed by atoms with van der Waals surface area (Å²) in [4.78, 5) is 0. The molecule has 0 heterocycles. The van der Waals surface area contributed by atoms with Crippen LogP contribution < -0.4 is 0 Å². The maximum Gasteiger partial charge on any atom is 0.0518 e. The second-order valence-electron chi connectivity index (χ2n) is 3.54. The lowest BCUT2D eigenvalue weighted by molar-refractivity contribution is 0.715. The van der Waals surface area contributed by atoms with E-state index in [9.17, 15) is 0 Å². The SMILES string of the molecule is CC1(Br)CC=Cc2ccc(Br)cc21. The topological polar surface area (TPSA) is 0 Å². The van der Waals surface area contributed by atoms with Crippen molar-refractivity contribution in [1.29, 1.82) is 0 Å². The smallest absolute Gasteiger partial charge is 0.0518 e. The van der Waals surface area contributed by atoms with Crippen molar-refractivity contribution in [1.82, 2.24) is 0 Å². The van der Waals surface area contributed by atoms with Crippen molar-refractivity contribution in [2.75, 3.05) is 0 Å². The molecule has 0 nitrogen and oxygen atoms in total. The zero-order valence-electron chi connectivity index (χ0n) is 7.35. The molecule has 0 amide bonds. The first-order chi connectivity index (χ1) is 6.09. The lowest BCUT2D eigenvalue weighted by Gasteiger charge is -2.27. The van der Waals surface area contributed by atoms with Crippen molar-refractivity contribution in [3.8, 4) is 0 Å². The second-order valence-corrected chi connectivity index (χ2v) is 6.20.